The number of alkyl halides is 3. The summed E-state index contributed by atoms with van der Waals surface area (Å²) >= 11 is 0. The lowest BCUT2D eigenvalue weighted by molar-refractivity contribution is -0.162. The van der Waals surface area contributed by atoms with Crippen molar-refractivity contribution in [3.8, 4) is 0 Å². The molecule has 0 spiro atoms. The van der Waals surface area contributed by atoms with Gasteiger partial charge in [0.25, 0.3) is 8.32 Å². The Labute approximate surface area is 189 Å². The molecule has 0 radical (unpaired) electrons. The molecule has 0 saturated carbocycles. The summed E-state index contributed by atoms with van der Waals surface area (Å²) in [6.07, 6.45) is -5.56. The molecular weight excluding hydrogens is 435 g/mol. The van der Waals surface area contributed by atoms with E-state index in [1.165, 1.54) is 4.90 Å². The van der Waals surface area contributed by atoms with E-state index in [9.17, 15) is 18.0 Å². The van der Waals surface area contributed by atoms with Crippen LogP contribution in [0.15, 0.2) is 60.7 Å². The average molecular weight is 468 g/mol. The van der Waals surface area contributed by atoms with E-state index in [4.69, 9.17) is 4.43 Å². The smallest absolute Gasteiger partial charge is 0.422 e. The molecule has 2 aromatic rings. The summed E-state index contributed by atoms with van der Waals surface area (Å²) in [7, 11) is -2.79. The van der Waals surface area contributed by atoms with Crippen molar-refractivity contribution in [2.45, 2.75) is 51.9 Å². The van der Waals surface area contributed by atoms with Crippen molar-refractivity contribution in [3.05, 3.63) is 60.7 Å². The van der Waals surface area contributed by atoms with Gasteiger partial charge in [0.1, 0.15) is 0 Å². The van der Waals surface area contributed by atoms with Crippen molar-refractivity contribution in [1.29, 1.82) is 0 Å². The highest BCUT2D eigenvalue weighted by atomic mass is 28.4. The largest absolute Gasteiger partial charge is 0.440 e. The van der Waals surface area contributed by atoms with Crippen LogP contribution >= 0.6 is 0 Å². The van der Waals surface area contributed by atoms with Crippen molar-refractivity contribution in [2.24, 2.45) is 0 Å². The number of rotatable bonds is 8. The molecule has 0 atom stereocenters. The molecule has 8 heteroatoms. The highest BCUT2D eigenvalue weighted by molar-refractivity contribution is 6.99. The molecule has 4 nitrogen and oxygen atoms in total. The van der Waals surface area contributed by atoms with Crippen molar-refractivity contribution in [2.75, 3.05) is 19.8 Å². The summed E-state index contributed by atoms with van der Waals surface area (Å²) in [5, 5.41) is 1.94. The van der Waals surface area contributed by atoms with E-state index >= 15 is 0 Å². The highest BCUT2D eigenvalue weighted by Gasteiger charge is 2.50. The van der Waals surface area contributed by atoms with E-state index in [-0.39, 0.29) is 24.2 Å². The van der Waals surface area contributed by atoms with Crippen LogP contribution in [-0.2, 0) is 9.16 Å². The topological polar surface area (TPSA) is 38.8 Å². The van der Waals surface area contributed by atoms with Crippen molar-refractivity contribution in [3.63, 3.8) is 0 Å². The van der Waals surface area contributed by atoms with Crippen LogP contribution in [0.2, 0.25) is 5.04 Å². The zero-order valence-electron chi connectivity index (χ0n) is 19.3. The molecule has 0 aromatic heterocycles. The van der Waals surface area contributed by atoms with Gasteiger partial charge in [0.15, 0.2) is 6.61 Å². The van der Waals surface area contributed by atoms with Crippen LogP contribution in [0.25, 0.3) is 0 Å². The first-order chi connectivity index (χ1) is 14.9. The van der Waals surface area contributed by atoms with Gasteiger partial charge in [0.2, 0.25) is 0 Å². The number of ether oxygens (including phenoxy) is 1. The molecule has 1 amide bonds. The van der Waals surface area contributed by atoms with Crippen molar-refractivity contribution < 1.29 is 27.1 Å². The van der Waals surface area contributed by atoms with E-state index in [1.54, 1.807) is 13.8 Å². The normalized spacial score (nSPS) is 12.7. The van der Waals surface area contributed by atoms with E-state index in [1.807, 2.05) is 36.4 Å². The molecule has 0 saturated heterocycles. The fourth-order valence-electron chi connectivity index (χ4n) is 3.85. The lowest BCUT2D eigenvalue weighted by Crippen LogP contribution is -2.67. The second-order valence-corrected chi connectivity index (χ2v) is 13.3. The Bertz CT molecular complexity index is 813. The summed E-state index contributed by atoms with van der Waals surface area (Å²) < 4.78 is 48.6. The predicted octanol–water partition coefficient (Wildman–Crippen LogP) is 4.97. The van der Waals surface area contributed by atoms with E-state index in [2.05, 4.69) is 49.8 Å². The van der Waals surface area contributed by atoms with Crippen LogP contribution in [0.1, 0.15) is 34.6 Å². The van der Waals surface area contributed by atoms with Crippen molar-refractivity contribution >= 4 is 24.8 Å². The third kappa shape index (κ3) is 6.35. The predicted molar refractivity (Wildman–Crippen MR) is 123 cm³/mol. The number of amides is 1. The Morgan fingerprint density at radius 1 is 0.938 bits per heavy atom. The molecule has 2 rings (SSSR count). The number of nitrogens with zero attached hydrogens (tertiary/aromatic N) is 1. The molecule has 32 heavy (non-hydrogen) atoms. The molecule has 176 valence electrons. The molecule has 0 heterocycles. The van der Waals surface area contributed by atoms with E-state index < -0.39 is 27.2 Å². The summed E-state index contributed by atoms with van der Waals surface area (Å²) in [5.41, 5.74) is 0. The molecule has 0 unspecified atom stereocenters. The molecular formula is C24H32F3NO3Si. The highest BCUT2D eigenvalue weighted by Crippen LogP contribution is 2.36. The minimum atomic E-state index is -4.57. The number of halogens is 3. The Morgan fingerprint density at radius 2 is 1.41 bits per heavy atom. The van der Waals surface area contributed by atoms with Crippen LogP contribution in [0.4, 0.5) is 18.0 Å². The van der Waals surface area contributed by atoms with Crippen molar-refractivity contribution in [1.82, 2.24) is 4.90 Å². The molecule has 0 aliphatic carbocycles. The number of hydrogen-bond acceptors (Lipinski definition) is 3. The third-order valence-electron chi connectivity index (χ3n) is 5.28. The van der Waals surface area contributed by atoms with E-state index in [0.29, 0.717) is 0 Å². The second kappa shape index (κ2) is 10.5. The zero-order chi connectivity index (χ0) is 24.0. The van der Waals surface area contributed by atoms with Gasteiger partial charge in [-0.1, -0.05) is 81.4 Å². The summed E-state index contributed by atoms with van der Waals surface area (Å²) in [5.74, 6) is 0. The van der Waals surface area contributed by atoms with Crippen LogP contribution < -0.4 is 10.4 Å². The van der Waals surface area contributed by atoms with Crippen LogP contribution in [0.5, 0.6) is 0 Å². The quantitative estimate of drug-likeness (QED) is 0.515. The van der Waals surface area contributed by atoms with Crippen LogP contribution in [-0.4, -0.2) is 51.3 Å². The molecule has 0 aliphatic rings. The van der Waals surface area contributed by atoms with Gasteiger partial charge in [0, 0.05) is 12.6 Å². The minimum absolute atomic E-state index is 0.124. The van der Waals surface area contributed by atoms with Gasteiger partial charge in [-0.15, -0.1) is 0 Å². The number of carbonyl (C=O) groups excluding carboxylic acids is 1. The molecule has 0 N–H and O–H groups in total. The second-order valence-electron chi connectivity index (χ2n) is 8.97. The third-order valence-corrected chi connectivity index (χ3v) is 10.3. The maximum absolute atomic E-state index is 12.5. The average Bonchev–Trinajstić information content (AvgIpc) is 2.72. The lowest BCUT2D eigenvalue weighted by atomic mass is 10.2. The Hall–Kier alpha value is -2.32. The standard InChI is InChI=1S/C24H32F3NO3Si/c1-19(2)28(22(29)30-18-24(25,26)27)16-17-31-32(23(3,4)5,20-12-8-6-9-13-20)21-14-10-7-11-15-21/h6-15,19H,16-18H2,1-5H3. The lowest BCUT2D eigenvalue weighted by Gasteiger charge is -2.43. The number of hydrogen-bond donors (Lipinski definition) is 0. The fraction of sp³-hybridized carbons (Fsp3) is 0.458. The SMILES string of the molecule is CC(C)N(CCO[Si](c1ccccc1)(c1ccccc1)C(C)(C)C)C(=O)OCC(F)(F)F. The van der Waals surface area contributed by atoms with Gasteiger partial charge in [-0.3, -0.25) is 0 Å². The monoisotopic (exact) mass is 467 g/mol. The fourth-order valence-corrected chi connectivity index (χ4v) is 8.40. The van der Waals surface area contributed by atoms with E-state index in [0.717, 1.165) is 10.4 Å². The number of carbonyl (C=O) groups is 1. The summed E-state index contributed by atoms with van der Waals surface area (Å²) in [4.78, 5) is 13.6. The first kappa shape index (κ1) is 25.9. The van der Waals surface area contributed by atoms with Gasteiger partial charge in [0.05, 0.1) is 6.61 Å². The minimum Gasteiger partial charge on any atom is -0.440 e. The maximum atomic E-state index is 12.5. The first-order valence-electron chi connectivity index (χ1n) is 10.6. The summed E-state index contributed by atoms with van der Waals surface area (Å²) in [6, 6.07) is 19.7. The maximum Gasteiger partial charge on any atom is 0.422 e. The molecule has 0 fully saturated rings. The summed E-state index contributed by atoms with van der Waals surface area (Å²) in [6.45, 7) is 8.57. The first-order valence-corrected chi connectivity index (χ1v) is 12.5. The van der Waals surface area contributed by atoms with Gasteiger partial charge < -0.3 is 14.1 Å². The molecule has 2 aromatic carbocycles. The molecule has 0 bridgehead atoms. The Morgan fingerprint density at radius 3 is 1.78 bits per heavy atom. The van der Waals surface area contributed by atoms with Gasteiger partial charge in [-0.05, 0) is 29.3 Å². The molecule has 0 aliphatic heterocycles. The van der Waals surface area contributed by atoms with Crippen LogP contribution in [0.3, 0.4) is 0 Å². The van der Waals surface area contributed by atoms with Gasteiger partial charge in [-0.25, -0.2) is 4.79 Å². The van der Waals surface area contributed by atoms with Crippen LogP contribution in [0, 0.1) is 0 Å². The van der Waals surface area contributed by atoms with Gasteiger partial charge in [-0.2, -0.15) is 13.2 Å². The number of benzene rings is 2. The Kier molecular flexibility index (Phi) is 8.53. The van der Waals surface area contributed by atoms with Gasteiger partial charge >= 0.3 is 12.3 Å². The zero-order valence-corrected chi connectivity index (χ0v) is 20.3. The Balaban J connectivity index is 2.32.